The molecule has 0 radical (unpaired) electrons. The molecule has 32 heavy (non-hydrogen) atoms. The Kier molecular flexibility index (Phi) is 6.37. The number of carbonyl (C=O) groups excluding carboxylic acids is 1. The number of aryl methyl sites for hydroxylation is 3. The lowest BCUT2D eigenvalue weighted by Gasteiger charge is -2.36. The van der Waals surface area contributed by atoms with Gasteiger partial charge in [0.15, 0.2) is 5.82 Å². The molecule has 0 atom stereocenters. The first-order valence-corrected chi connectivity index (χ1v) is 12.4. The number of anilines is 1. The summed E-state index contributed by atoms with van der Waals surface area (Å²) in [7, 11) is 1.69. The van der Waals surface area contributed by atoms with Gasteiger partial charge in [-0.2, -0.15) is 0 Å². The number of methoxy groups -OCH3 is 1. The minimum Gasteiger partial charge on any atom is -0.377 e. The molecule has 0 saturated carbocycles. The molecule has 1 amide bonds. The van der Waals surface area contributed by atoms with Gasteiger partial charge in [-0.25, -0.2) is 9.97 Å². The van der Waals surface area contributed by atoms with E-state index in [0.717, 1.165) is 61.9 Å². The molecule has 3 heterocycles. The maximum atomic E-state index is 12.8. The van der Waals surface area contributed by atoms with Crippen molar-refractivity contribution in [2.75, 3.05) is 38.2 Å². The molecule has 168 valence electrons. The molecule has 1 saturated heterocycles. The molecule has 0 N–H and O–H groups in total. The van der Waals surface area contributed by atoms with Crippen molar-refractivity contribution in [1.29, 1.82) is 0 Å². The standard InChI is InChI=1S/C25H30N4O2S/c1-31-17-21-26-24(23-19-9-5-6-10-20(19)32-25(23)27-21)29-15-13-28(14-16-29)22(30)12-11-18-7-3-2-4-8-18/h2-4,7-8H,5-6,9-17H2,1H3. The van der Waals surface area contributed by atoms with E-state index in [-0.39, 0.29) is 5.91 Å². The number of thiophene rings is 1. The second-order valence-corrected chi connectivity index (χ2v) is 9.72. The second kappa shape index (κ2) is 9.55. The Morgan fingerprint density at radius 3 is 2.62 bits per heavy atom. The van der Waals surface area contributed by atoms with Gasteiger partial charge in [0.2, 0.25) is 5.91 Å². The van der Waals surface area contributed by atoms with Crippen LogP contribution in [-0.4, -0.2) is 54.1 Å². The largest absolute Gasteiger partial charge is 0.377 e. The molecule has 1 aliphatic carbocycles. The lowest BCUT2D eigenvalue weighted by molar-refractivity contribution is -0.131. The van der Waals surface area contributed by atoms with E-state index in [1.165, 1.54) is 34.2 Å². The van der Waals surface area contributed by atoms with Gasteiger partial charge in [-0.1, -0.05) is 30.3 Å². The average molecular weight is 451 g/mol. The van der Waals surface area contributed by atoms with E-state index in [1.54, 1.807) is 7.11 Å². The Morgan fingerprint density at radius 1 is 1.06 bits per heavy atom. The fourth-order valence-electron chi connectivity index (χ4n) is 4.83. The third-order valence-electron chi connectivity index (χ3n) is 6.52. The number of rotatable bonds is 6. The van der Waals surface area contributed by atoms with Crippen LogP contribution in [0.1, 0.15) is 41.1 Å². The van der Waals surface area contributed by atoms with Crippen molar-refractivity contribution < 1.29 is 9.53 Å². The minimum atomic E-state index is 0.245. The van der Waals surface area contributed by atoms with Gasteiger partial charge >= 0.3 is 0 Å². The summed E-state index contributed by atoms with van der Waals surface area (Å²) in [6.45, 7) is 3.51. The van der Waals surface area contributed by atoms with Gasteiger partial charge in [0, 0.05) is 44.6 Å². The summed E-state index contributed by atoms with van der Waals surface area (Å²) < 4.78 is 5.34. The van der Waals surface area contributed by atoms with Gasteiger partial charge in [-0.15, -0.1) is 11.3 Å². The van der Waals surface area contributed by atoms with Crippen molar-refractivity contribution in [2.45, 2.75) is 45.1 Å². The Hall–Kier alpha value is -2.51. The molecule has 3 aromatic rings. The fraction of sp³-hybridized carbons (Fsp3) is 0.480. The summed E-state index contributed by atoms with van der Waals surface area (Å²) in [4.78, 5) is 29.5. The Morgan fingerprint density at radius 2 is 1.84 bits per heavy atom. The third-order valence-corrected chi connectivity index (χ3v) is 7.70. The summed E-state index contributed by atoms with van der Waals surface area (Å²) in [6, 6.07) is 10.2. The molecular formula is C25H30N4O2S. The van der Waals surface area contributed by atoms with E-state index >= 15 is 0 Å². The Bertz CT molecular complexity index is 1090. The highest BCUT2D eigenvalue weighted by atomic mass is 32.1. The predicted molar refractivity (Wildman–Crippen MR) is 128 cm³/mol. The van der Waals surface area contributed by atoms with E-state index in [2.05, 4.69) is 17.0 Å². The highest BCUT2D eigenvalue weighted by molar-refractivity contribution is 7.19. The van der Waals surface area contributed by atoms with Crippen LogP contribution in [0.3, 0.4) is 0 Å². The van der Waals surface area contributed by atoms with Crippen molar-refractivity contribution >= 4 is 33.3 Å². The highest BCUT2D eigenvalue weighted by Crippen LogP contribution is 2.40. The van der Waals surface area contributed by atoms with Gasteiger partial charge in [-0.3, -0.25) is 4.79 Å². The van der Waals surface area contributed by atoms with Crippen LogP contribution in [0.25, 0.3) is 10.2 Å². The molecular weight excluding hydrogens is 420 g/mol. The summed E-state index contributed by atoms with van der Waals surface area (Å²) in [5.74, 6) is 2.03. The third kappa shape index (κ3) is 4.36. The maximum absolute atomic E-state index is 12.8. The van der Waals surface area contributed by atoms with Crippen LogP contribution in [0.15, 0.2) is 30.3 Å². The zero-order valence-electron chi connectivity index (χ0n) is 18.7. The first-order valence-electron chi connectivity index (χ1n) is 11.6. The molecule has 5 rings (SSSR count). The van der Waals surface area contributed by atoms with Crippen molar-refractivity contribution in [3.8, 4) is 0 Å². The van der Waals surface area contributed by atoms with Crippen LogP contribution in [-0.2, 0) is 35.4 Å². The topological polar surface area (TPSA) is 58.6 Å². The summed E-state index contributed by atoms with van der Waals surface area (Å²) in [6.07, 6.45) is 6.14. The van der Waals surface area contributed by atoms with Crippen molar-refractivity contribution in [3.63, 3.8) is 0 Å². The van der Waals surface area contributed by atoms with Crippen LogP contribution in [0.5, 0.6) is 0 Å². The molecule has 2 aliphatic rings. The van der Waals surface area contributed by atoms with Gasteiger partial charge in [0.25, 0.3) is 0 Å². The Labute approximate surface area is 193 Å². The minimum absolute atomic E-state index is 0.245. The van der Waals surface area contributed by atoms with E-state index in [9.17, 15) is 4.79 Å². The van der Waals surface area contributed by atoms with Crippen LogP contribution in [0, 0.1) is 0 Å². The van der Waals surface area contributed by atoms with Crippen molar-refractivity contribution in [2.24, 2.45) is 0 Å². The number of fused-ring (bicyclic) bond motifs is 3. The second-order valence-electron chi connectivity index (χ2n) is 8.64. The normalized spacial score (nSPS) is 16.4. The maximum Gasteiger partial charge on any atom is 0.223 e. The van der Waals surface area contributed by atoms with E-state index in [1.807, 2.05) is 34.4 Å². The van der Waals surface area contributed by atoms with Crippen molar-refractivity contribution in [1.82, 2.24) is 14.9 Å². The van der Waals surface area contributed by atoms with Crippen molar-refractivity contribution in [3.05, 3.63) is 52.2 Å². The number of nitrogens with zero attached hydrogens (tertiary/aromatic N) is 4. The molecule has 1 fully saturated rings. The predicted octanol–water partition coefficient (Wildman–Crippen LogP) is 4.00. The van der Waals surface area contributed by atoms with E-state index < -0.39 is 0 Å². The van der Waals surface area contributed by atoms with Crippen LogP contribution in [0.4, 0.5) is 5.82 Å². The number of aromatic nitrogens is 2. The molecule has 1 aromatic carbocycles. The van der Waals surface area contributed by atoms with Gasteiger partial charge in [0.1, 0.15) is 17.3 Å². The lowest BCUT2D eigenvalue weighted by atomic mass is 9.97. The smallest absolute Gasteiger partial charge is 0.223 e. The first-order chi connectivity index (χ1) is 15.7. The molecule has 0 bridgehead atoms. The number of piperazine rings is 1. The number of amides is 1. The van der Waals surface area contributed by atoms with Crippen LogP contribution >= 0.6 is 11.3 Å². The molecule has 0 spiro atoms. The van der Waals surface area contributed by atoms with Gasteiger partial charge in [0.05, 0.1) is 5.39 Å². The molecule has 1 aliphatic heterocycles. The van der Waals surface area contributed by atoms with Gasteiger partial charge < -0.3 is 14.5 Å². The zero-order chi connectivity index (χ0) is 21.9. The van der Waals surface area contributed by atoms with E-state index in [0.29, 0.717) is 13.0 Å². The summed E-state index contributed by atoms with van der Waals surface area (Å²) in [5.41, 5.74) is 2.67. The Balaban J connectivity index is 1.32. The quantitative estimate of drug-likeness (QED) is 0.568. The summed E-state index contributed by atoms with van der Waals surface area (Å²) >= 11 is 1.83. The van der Waals surface area contributed by atoms with Crippen LogP contribution in [0.2, 0.25) is 0 Å². The molecule has 2 aromatic heterocycles. The number of hydrogen-bond donors (Lipinski definition) is 0. The number of carbonyl (C=O) groups is 1. The number of hydrogen-bond acceptors (Lipinski definition) is 6. The first kappa shape index (κ1) is 21.3. The van der Waals surface area contributed by atoms with E-state index in [4.69, 9.17) is 14.7 Å². The monoisotopic (exact) mass is 450 g/mol. The van der Waals surface area contributed by atoms with Crippen LogP contribution < -0.4 is 4.90 Å². The van der Waals surface area contributed by atoms with Gasteiger partial charge in [-0.05, 0) is 43.2 Å². The summed E-state index contributed by atoms with van der Waals surface area (Å²) in [5, 5.41) is 1.24. The SMILES string of the molecule is COCc1nc(N2CCN(C(=O)CCc3ccccc3)CC2)c2c3c(sc2n1)CCCC3. The zero-order valence-corrected chi connectivity index (χ0v) is 19.5. The number of benzene rings is 1. The average Bonchev–Trinajstić information content (AvgIpc) is 3.21. The number of ether oxygens (including phenoxy) is 1. The molecule has 6 nitrogen and oxygen atoms in total. The fourth-order valence-corrected chi connectivity index (χ4v) is 6.10. The molecule has 7 heteroatoms. The molecule has 0 unspecified atom stereocenters. The highest BCUT2D eigenvalue weighted by Gasteiger charge is 2.27. The lowest BCUT2D eigenvalue weighted by Crippen LogP contribution is -2.49.